The van der Waals surface area contributed by atoms with Gasteiger partial charge in [-0.3, -0.25) is 4.79 Å². The van der Waals surface area contributed by atoms with Crippen LogP contribution in [0, 0.1) is 0 Å². The molecule has 3 aromatic carbocycles. The summed E-state index contributed by atoms with van der Waals surface area (Å²) in [6.07, 6.45) is 0. The molecule has 0 spiro atoms. The molecule has 29 heavy (non-hydrogen) atoms. The molecule has 1 heterocycles. The quantitative estimate of drug-likeness (QED) is 0.381. The average molecular weight is 448 g/mol. The van der Waals surface area contributed by atoms with E-state index in [1.54, 1.807) is 60.7 Å². The Balaban J connectivity index is 1.49. The first-order valence-electron chi connectivity index (χ1n) is 8.53. The number of hydrogen-bond acceptors (Lipinski definition) is 4. The van der Waals surface area contributed by atoms with Gasteiger partial charge in [-0.1, -0.05) is 46.9 Å². The number of halogens is 3. The second-order valence-corrected chi connectivity index (χ2v) is 7.34. The number of aromatic nitrogens is 1. The third-order valence-corrected chi connectivity index (χ3v) is 4.90. The summed E-state index contributed by atoms with van der Waals surface area (Å²) < 4.78 is 11.2. The monoisotopic (exact) mass is 446 g/mol. The zero-order valence-electron chi connectivity index (χ0n) is 14.8. The van der Waals surface area contributed by atoms with Crippen LogP contribution in [0.25, 0.3) is 22.6 Å². The Labute approximate surface area is 181 Å². The molecule has 1 N–H and O–H groups in total. The molecule has 5 nitrogen and oxygen atoms in total. The molecule has 0 aliphatic rings. The molecule has 4 aromatic rings. The van der Waals surface area contributed by atoms with Gasteiger partial charge in [0.05, 0.1) is 15.6 Å². The minimum absolute atomic E-state index is 0.177. The topological polar surface area (TPSA) is 64.4 Å². The predicted molar refractivity (Wildman–Crippen MR) is 115 cm³/mol. The van der Waals surface area contributed by atoms with E-state index in [2.05, 4.69) is 10.3 Å². The van der Waals surface area contributed by atoms with Crippen LogP contribution < -0.4 is 10.1 Å². The zero-order valence-corrected chi connectivity index (χ0v) is 17.1. The van der Waals surface area contributed by atoms with Gasteiger partial charge in [-0.15, -0.1) is 0 Å². The van der Waals surface area contributed by atoms with Crippen molar-refractivity contribution >= 4 is 57.5 Å². The molecule has 0 aliphatic carbocycles. The third-order valence-electron chi connectivity index (χ3n) is 4.03. The summed E-state index contributed by atoms with van der Waals surface area (Å²) in [5, 5.41) is 4.20. The fourth-order valence-electron chi connectivity index (χ4n) is 2.68. The normalized spacial score (nSPS) is 10.9. The van der Waals surface area contributed by atoms with E-state index in [4.69, 9.17) is 44.0 Å². The van der Waals surface area contributed by atoms with Gasteiger partial charge in [0.15, 0.2) is 12.2 Å². The number of nitrogens with one attached hydrogen (secondary N) is 1. The van der Waals surface area contributed by atoms with Gasteiger partial charge in [-0.05, 0) is 48.5 Å². The number of oxazole rings is 1. The molecule has 0 saturated heterocycles. The first-order valence-corrected chi connectivity index (χ1v) is 9.66. The van der Waals surface area contributed by atoms with Crippen LogP contribution in [-0.2, 0) is 4.79 Å². The molecule has 4 rings (SSSR count). The summed E-state index contributed by atoms with van der Waals surface area (Å²) >= 11 is 18.3. The van der Waals surface area contributed by atoms with Gasteiger partial charge in [-0.25, -0.2) is 4.98 Å². The number of fused-ring (bicyclic) bond motifs is 1. The van der Waals surface area contributed by atoms with Gasteiger partial charge < -0.3 is 14.5 Å². The largest absolute Gasteiger partial charge is 0.482 e. The Morgan fingerprint density at radius 2 is 1.83 bits per heavy atom. The van der Waals surface area contributed by atoms with Crippen molar-refractivity contribution in [3.63, 3.8) is 0 Å². The fraction of sp³-hybridized carbons (Fsp3) is 0.0476. The Morgan fingerprint density at radius 3 is 2.66 bits per heavy atom. The van der Waals surface area contributed by atoms with E-state index < -0.39 is 0 Å². The minimum Gasteiger partial charge on any atom is -0.482 e. The van der Waals surface area contributed by atoms with Gasteiger partial charge in [-0.2, -0.15) is 0 Å². The SMILES string of the molecule is O=C(COc1ccccc1Cl)Nc1ccc2oc(-c3cc(Cl)ccc3Cl)nc2c1. The highest BCUT2D eigenvalue weighted by Crippen LogP contribution is 2.32. The maximum atomic E-state index is 12.2. The summed E-state index contributed by atoms with van der Waals surface area (Å²) in [5.74, 6) is 0.461. The van der Waals surface area contributed by atoms with Gasteiger partial charge in [0.25, 0.3) is 5.91 Å². The summed E-state index contributed by atoms with van der Waals surface area (Å²) in [6, 6.07) is 17.1. The maximum absolute atomic E-state index is 12.2. The Bertz CT molecular complexity index is 1210. The number of anilines is 1. The van der Waals surface area contributed by atoms with E-state index >= 15 is 0 Å². The fourth-order valence-corrected chi connectivity index (χ4v) is 3.24. The number of ether oxygens (including phenoxy) is 1. The Hall–Kier alpha value is -2.73. The number of hydrogen-bond donors (Lipinski definition) is 1. The standard InChI is InChI=1S/C21H13Cl3N2O3/c22-12-5-7-15(23)14(9-12)21-26-17-10-13(6-8-19(17)29-21)25-20(27)11-28-18-4-2-1-3-16(18)24/h1-10H,11H2,(H,25,27). The average Bonchev–Trinajstić information content (AvgIpc) is 3.12. The lowest BCUT2D eigenvalue weighted by atomic mass is 10.2. The third kappa shape index (κ3) is 4.48. The van der Waals surface area contributed by atoms with E-state index in [1.165, 1.54) is 0 Å². The lowest BCUT2D eigenvalue weighted by Crippen LogP contribution is -2.20. The van der Waals surface area contributed by atoms with Crippen LogP contribution in [0.4, 0.5) is 5.69 Å². The van der Waals surface area contributed by atoms with Gasteiger partial charge in [0, 0.05) is 10.7 Å². The Morgan fingerprint density at radius 1 is 1.00 bits per heavy atom. The molecular weight excluding hydrogens is 435 g/mol. The van der Waals surface area contributed by atoms with Crippen molar-refractivity contribution in [3.05, 3.63) is 75.7 Å². The number of benzene rings is 3. The molecule has 0 fully saturated rings. The van der Waals surface area contributed by atoms with Crippen molar-refractivity contribution in [3.8, 4) is 17.2 Å². The first kappa shape index (κ1) is 19.6. The molecule has 8 heteroatoms. The molecule has 0 unspecified atom stereocenters. The highest BCUT2D eigenvalue weighted by molar-refractivity contribution is 6.35. The lowest BCUT2D eigenvalue weighted by Gasteiger charge is -2.08. The lowest BCUT2D eigenvalue weighted by molar-refractivity contribution is -0.118. The summed E-state index contributed by atoms with van der Waals surface area (Å²) in [5.41, 5.74) is 2.28. The van der Waals surface area contributed by atoms with Crippen LogP contribution in [0.3, 0.4) is 0 Å². The van der Waals surface area contributed by atoms with Gasteiger partial charge in [0.2, 0.25) is 5.89 Å². The highest BCUT2D eigenvalue weighted by atomic mass is 35.5. The summed E-state index contributed by atoms with van der Waals surface area (Å²) in [4.78, 5) is 16.6. The summed E-state index contributed by atoms with van der Waals surface area (Å²) in [6.45, 7) is -0.177. The van der Waals surface area contributed by atoms with Gasteiger partial charge >= 0.3 is 0 Å². The van der Waals surface area contributed by atoms with Crippen LogP contribution in [0.1, 0.15) is 0 Å². The molecule has 0 saturated carbocycles. The molecule has 146 valence electrons. The first-order chi connectivity index (χ1) is 14.0. The summed E-state index contributed by atoms with van der Waals surface area (Å²) in [7, 11) is 0. The van der Waals surface area contributed by atoms with Crippen LogP contribution >= 0.6 is 34.8 Å². The number of nitrogens with zero attached hydrogens (tertiary/aromatic N) is 1. The predicted octanol–water partition coefficient (Wildman–Crippen LogP) is 6.47. The van der Waals surface area contributed by atoms with Crippen molar-refractivity contribution in [2.24, 2.45) is 0 Å². The Kier molecular flexibility index (Phi) is 5.62. The number of rotatable bonds is 5. The van der Waals surface area contributed by atoms with Crippen LogP contribution in [0.15, 0.2) is 65.1 Å². The van der Waals surface area contributed by atoms with Crippen molar-refractivity contribution in [1.82, 2.24) is 4.98 Å². The molecule has 0 bridgehead atoms. The zero-order chi connectivity index (χ0) is 20.4. The molecular formula is C21H13Cl3N2O3. The minimum atomic E-state index is -0.328. The molecule has 0 radical (unpaired) electrons. The van der Waals surface area contributed by atoms with Crippen LogP contribution in [0.2, 0.25) is 15.1 Å². The second-order valence-electron chi connectivity index (χ2n) is 6.09. The van der Waals surface area contributed by atoms with Crippen LogP contribution in [-0.4, -0.2) is 17.5 Å². The van der Waals surface area contributed by atoms with E-state index in [-0.39, 0.29) is 12.5 Å². The smallest absolute Gasteiger partial charge is 0.262 e. The number of carbonyl (C=O) groups excluding carboxylic acids is 1. The van der Waals surface area contributed by atoms with E-state index in [0.29, 0.717) is 49.1 Å². The molecule has 1 amide bonds. The molecule has 0 atom stereocenters. The van der Waals surface area contributed by atoms with E-state index in [9.17, 15) is 4.79 Å². The number of amides is 1. The molecule has 1 aromatic heterocycles. The van der Waals surface area contributed by atoms with Crippen molar-refractivity contribution in [2.75, 3.05) is 11.9 Å². The van der Waals surface area contributed by atoms with Crippen molar-refractivity contribution in [2.45, 2.75) is 0 Å². The highest BCUT2D eigenvalue weighted by Gasteiger charge is 2.13. The van der Waals surface area contributed by atoms with E-state index in [1.807, 2.05) is 0 Å². The van der Waals surface area contributed by atoms with Crippen molar-refractivity contribution < 1.29 is 13.9 Å². The van der Waals surface area contributed by atoms with E-state index in [0.717, 1.165) is 0 Å². The van der Waals surface area contributed by atoms with Crippen LogP contribution in [0.5, 0.6) is 5.75 Å². The molecule has 0 aliphatic heterocycles. The van der Waals surface area contributed by atoms with Gasteiger partial charge in [0.1, 0.15) is 11.3 Å². The number of carbonyl (C=O) groups is 1. The maximum Gasteiger partial charge on any atom is 0.262 e. The number of para-hydroxylation sites is 1. The van der Waals surface area contributed by atoms with Crippen molar-refractivity contribution in [1.29, 1.82) is 0 Å². The second kappa shape index (κ2) is 8.33.